The summed E-state index contributed by atoms with van der Waals surface area (Å²) in [4.78, 5) is 49.9. The van der Waals surface area contributed by atoms with Gasteiger partial charge in [0.25, 0.3) is 0 Å². The second kappa shape index (κ2) is 13.3. The Morgan fingerprint density at radius 3 is 2.49 bits per heavy atom. The van der Waals surface area contributed by atoms with E-state index in [0.29, 0.717) is 35.7 Å². The maximum atomic E-state index is 14.0. The number of carbonyl (C=O) groups excluding carboxylic acids is 3. The number of benzene rings is 3. The van der Waals surface area contributed by atoms with Gasteiger partial charge in [0.05, 0.1) is 17.9 Å². The van der Waals surface area contributed by atoms with Crippen LogP contribution in [0.3, 0.4) is 0 Å². The number of hydrogen-bond acceptors (Lipinski definition) is 6. The topological polar surface area (TPSA) is 97.3 Å². The predicted molar refractivity (Wildman–Crippen MR) is 173 cm³/mol. The zero-order valence-corrected chi connectivity index (χ0v) is 25.8. The first-order valence-electron chi connectivity index (χ1n) is 15.6. The molecule has 234 valence electrons. The van der Waals surface area contributed by atoms with Crippen molar-refractivity contribution in [1.82, 2.24) is 15.1 Å². The van der Waals surface area contributed by atoms with Crippen molar-refractivity contribution in [2.24, 2.45) is 10.9 Å². The third-order valence-corrected chi connectivity index (χ3v) is 9.10. The Bertz CT molecular complexity index is 1610. The van der Waals surface area contributed by atoms with Crippen LogP contribution in [-0.4, -0.2) is 80.1 Å². The molecule has 3 aliphatic rings. The van der Waals surface area contributed by atoms with Crippen molar-refractivity contribution in [3.05, 3.63) is 89.2 Å². The van der Waals surface area contributed by atoms with Crippen LogP contribution < -0.4 is 15.5 Å². The Kier molecular flexibility index (Phi) is 9.04. The number of piperazine rings is 1. The fraction of sp³-hybridized carbons (Fsp3) is 0.371. The van der Waals surface area contributed by atoms with E-state index in [-0.39, 0.29) is 23.6 Å². The van der Waals surface area contributed by atoms with Crippen molar-refractivity contribution < 1.29 is 18.8 Å². The molecule has 0 aromatic heterocycles. The predicted octanol–water partition coefficient (Wildman–Crippen LogP) is 4.31. The van der Waals surface area contributed by atoms with Gasteiger partial charge >= 0.3 is 0 Å². The van der Waals surface area contributed by atoms with E-state index >= 15 is 0 Å². The molecular weight excluding hydrogens is 571 g/mol. The van der Waals surface area contributed by atoms with Gasteiger partial charge in [-0.3, -0.25) is 24.3 Å². The van der Waals surface area contributed by atoms with Crippen molar-refractivity contribution >= 4 is 40.5 Å². The highest BCUT2D eigenvalue weighted by molar-refractivity contribution is 6.24. The van der Waals surface area contributed by atoms with E-state index in [1.165, 1.54) is 12.1 Å². The summed E-state index contributed by atoms with van der Waals surface area (Å²) in [7, 11) is 3.86. The zero-order chi connectivity index (χ0) is 31.5. The molecule has 0 radical (unpaired) electrons. The lowest BCUT2D eigenvalue weighted by Crippen LogP contribution is -2.48. The van der Waals surface area contributed by atoms with Crippen LogP contribution in [0.2, 0.25) is 0 Å². The highest BCUT2D eigenvalue weighted by Gasteiger charge is 2.36. The third-order valence-electron chi connectivity index (χ3n) is 9.10. The molecule has 2 N–H and O–H groups in total. The van der Waals surface area contributed by atoms with Gasteiger partial charge in [-0.05, 0) is 79.0 Å². The lowest BCUT2D eigenvalue weighted by molar-refractivity contribution is -0.127. The third kappa shape index (κ3) is 6.97. The molecule has 3 aromatic carbocycles. The van der Waals surface area contributed by atoms with E-state index in [4.69, 9.17) is 4.99 Å². The van der Waals surface area contributed by atoms with Crippen molar-refractivity contribution in [2.75, 3.05) is 57.0 Å². The number of rotatable bonds is 9. The Labute approximate surface area is 263 Å². The first-order chi connectivity index (χ1) is 21.7. The lowest BCUT2D eigenvalue weighted by Gasteiger charge is -2.32. The van der Waals surface area contributed by atoms with Crippen LogP contribution in [0.15, 0.2) is 71.7 Å². The Morgan fingerprint density at radius 1 is 1.02 bits per heavy atom. The number of halogens is 1. The van der Waals surface area contributed by atoms with E-state index in [9.17, 15) is 18.8 Å². The fourth-order valence-electron chi connectivity index (χ4n) is 5.98. The molecule has 1 saturated carbocycles. The molecule has 0 bridgehead atoms. The summed E-state index contributed by atoms with van der Waals surface area (Å²) in [5.74, 6) is -1.30. The molecule has 0 spiro atoms. The normalized spacial score (nSPS) is 19.0. The van der Waals surface area contributed by atoms with E-state index in [1.807, 2.05) is 48.5 Å². The molecule has 1 aliphatic carbocycles. The molecule has 1 unspecified atom stereocenters. The van der Waals surface area contributed by atoms with Crippen LogP contribution in [0, 0.1) is 11.7 Å². The number of nitrogens with one attached hydrogen (secondary N) is 2. The molecule has 3 aromatic rings. The first kappa shape index (κ1) is 30.6. The van der Waals surface area contributed by atoms with E-state index in [0.717, 1.165) is 62.3 Å². The smallest absolute Gasteiger partial charge is 0.240 e. The Hall–Kier alpha value is -4.41. The molecule has 3 amide bonds. The lowest BCUT2D eigenvalue weighted by atomic mass is 9.85. The number of anilines is 2. The number of aliphatic imine (C=N–C) groups is 1. The summed E-state index contributed by atoms with van der Waals surface area (Å²) >= 11 is 0. The second-order valence-corrected chi connectivity index (χ2v) is 12.2. The number of carbonyl (C=O) groups is 3. The summed E-state index contributed by atoms with van der Waals surface area (Å²) in [5, 5.41) is 5.84. The molecule has 1 saturated heterocycles. The summed E-state index contributed by atoms with van der Waals surface area (Å²) < 4.78 is 14.0. The van der Waals surface area contributed by atoms with Gasteiger partial charge in [0, 0.05) is 57.1 Å². The van der Waals surface area contributed by atoms with Gasteiger partial charge < -0.3 is 20.4 Å². The van der Waals surface area contributed by atoms with Crippen LogP contribution in [0.5, 0.6) is 0 Å². The van der Waals surface area contributed by atoms with Crippen LogP contribution in [0.1, 0.15) is 41.9 Å². The van der Waals surface area contributed by atoms with Crippen LogP contribution in [0.4, 0.5) is 21.5 Å². The van der Waals surface area contributed by atoms with Gasteiger partial charge in [0.1, 0.15) is 11.7 Å². The van der Waals surface area contributed by atoms with Crippen molar-refractivity contribution in [1.29, 1.82) is 0 Å². The number of fused-ring (bicyclic) bond motifs is 1. The van der Waals surface area contributed by atoms with Crippen LogP contribution in [-0.2, 0) is 20.9 Å². The highest BCUT2D eigenvalue weighted by atomic mass is 19.1. The van der Waals surface area contributed by atoms with E-state index in [1.54, 1.807) is 18.0 Å². The summed E-state index contributed by atoms with van der Waals surface area (Å²) in [5.41, 5.74) is 4.57. The minimum atomic E-state index is -0.757. The molecule has 45 heavy (non-hydrogen) atoms. The average molecular weight is 611 g/mol. The Morgan fingerprint density at radius 2 is 1.78 bits per heavy atom. The average Bonchev–Trinajstić information content (AvgIpc) is 3.33. The van der Waals surface area contributed by atoms with Gasteiger partial charge in [0.2, 0.25) is 17.7 Å². The number of nitrogens with zero attached hydrogens (tertiary/aromatic N) is 4. The largest absolute Gasteiger partial charge is 0.352 e. The monoisotopic (exact) mass is 610 g/mol. The maximum absolute atomic E-state index is 14.0. The van der Waals surface area contributed by atoms with Gasteiger partial charge in [-0.15, -0.1) is 0 Å². The number of hydrogen-bond donors (Lipinski definition) is 2. The minimum absolute atomic E-state index is 0.0178. The Balaban J connectivity index is 1.26. The standard InChI is InChI=1S/C35H39FN6O3/c1-40-15-17-42(18-16-40)22-31(43)41(2)28-12-10-27(11-13-28)38-33(32-29-14-9-26(36)20-30(29)39-35(32)45)25-8-3-5-23(19-25)21-37-34(44)24-6-4-7-24/h3,5,8-14,19-20,24,32H,4,6-7,15-18,21-22H2,1-2H3,(H,37,44)(H,39,45). The van der Waals surface area contributed by atoms with Gasteiger partial charge in [-0.1, -0.05) is 30.7 Å². The van der Waals surface area contributed by atoms with Crippen molar-refractivity contribution in [2.45, 2.75) is 31.7 Å². The number of amides is 3. The summed E-state index contributed by atoms with van der Waals surface area (Å²) in [6.07, 6.45) is 2.95. The highest BCUT2D eigenvalue weighted by Crippen LogP contribution is 2.37. The molecule has 6 rings (SSSR count). The van der Waals surface area contributed by atoms with Crippen LogP contribution >= 0.6 is 0 Å². The quantitative estimate of drug-likeness (QED) is 0.352. The summed E-state index contributed by atoms with van der Waals surface area (Å²) in [6, 6.07) is 19.3. The van der Waals surface area contributed by atoms with Crippen molar-refractivity contribution in [3.8, 4) is 0 Å². The van der Waals surface area contributed by atoms with E-state index in [2.05, 4.69) is 27.5 Å². The van der Waals surface area contributed by atoms with Crippen molar-refractivity contribution in [3.63, 3.8) is 0 Å². The first-order valence-corrected chi connectivity index (χ1v) is 15.6. The SMILES string of the molecule is CN1CCN(CC(=O)N(C)c2ccc(N=C(c3cccc(CNC(=O)C4CCC4)c3)C3C(=O)Nc4cc(F)ccc43)cc2)CC1. The maximum Gasteiger partial charge on any atom is 0.240 e. The molecule has 9 nitrogen and oxygen atoms in total. The minimum Gasteiger partial charge on any atom is -0.352 e. The number of likely N-dealkylation sites (N-methyl/N-ethyl adjacent to an activating group) is 2. The fourth-order valence-corrected chi connectivity index (χ4v) is 5.98. The van der Waals surface area contributed by atoms with Gasteiger partial charge in [-0.2, -0.15) is 0 Å². The molecule has 2 heterocycles. The van der Waals surface area contributed by atoms with Gasteiger partial charge in [-0.25, -0.2) is 4.39 Å². The molecule has 1 atom stereocenters. The molecule has 2 fully saturated rings. The molecule has 10 heteroatoms. The van der Waals surface area contributed by atoms with Crippen LogP contribution in [0.25, 0.3) is 0 Å². The second-order valence-electron chi connectivity index (χ2n) is 12.2. The zero-order valence-electron chi connectivity index (χ0n) is 25.8. The van der Waals surface area contributed by atoms with Gasteiger partial charge in [0.15, 0.2) is 0 Å². The summed E-state index contributed by atoms with van der Waals surface area (Å²) in [6.45, 7) is 4.36. The molecule has 2 aliphatic heterocycles. The van der Waals surface area contributed by atoms with E-state index < -0.39 is 11.7 Å². The molecular formula is C35H39FN6O3.